The van der Waals surface area contributed by atoms with E-state index in [1.165, 1.54) is 30.3 Å². The lowest BCUT2D eigenvalue weighted by atomic mass is 10.1. The fourth-order valence-electron chi connectivity index (χ4n) is 2.87. The molecular formula is C22H20BrFN2O3S. The van der Waals surface area contributed by atoms with Crippen LogP contribution in [0.25, 0.3) is 0 Å². The summed E-state index contributed by atoms with van der Waals surface area (Å²) in [6.07, 6.45) is 0.448. The Morgan fingerprint density at radius 1 is 0.967 bits per heavy atom. The van der Waals surface area contributed by atoms with Gasteiger partial charge in [-0.3, -0.25) is 4.79 Å². The Labute approximate surface area is 183 Å². The zero-order valence-electron chi connectivity index (χ0n) is 16.0. The topological polar surface area (TPSA) is 66.5 Å². The van der Waals surface area contributed by atoms with Gasteiger partial charge in [0, 0.05) is 16.7 Å². The Hall–Kier alpha value is -2.55. The number of sulfonamides is 1. The molecule has 30 heavy (non-hydrogen) atoms. The fourth-order valence-corrected chi connectivity index (χ4v) is 4.53. The van der Waals surface area contributed by atoms with Crippen molar-refractivity contribution in [2.75, 3.05) is 18.4 Å². The molecule has 0 aromatic heterocycles. The van der Waals surface area contributed by atoms with E-state index < -0.39 is 21.7 Å². The molecule has 0 fully saturated rings. The molecule has 5 nitrogen and oxygen atoms in total. The van der Waals surface area contributed by atoms with E-state index in [4.69, 9.17) is 0 Å². The highest BCUT2D eigenvalue weighted by Gasteiger charge is 2.26. The molecule has 8 heteroatoms. The average molecular weight is 491 g/mol. The van der Waals surface area contributed by atoms with Crippen molar-refractivity contribution in [2.24, 2.45) is 0 Å². The molecule has 1 amide bonds. The van der Waals surface area contributed by atoms with Crippen LogP contribution in [0.15, 0.2) is 88.2 Å². The van der Waals surface area contributed by atoms with E-state index in [0.717, 1.165) is 14.3 Å². The van der Waals surface area contributed by atoms with Gasteiger partial charge < -0.3 is 5.32 Å². The lowest BCUT2D eigenvalue weighted by Crippen LogP contribution is -2.39. The summed E-state index contributed by atoms with van der Waals surface area (Å²) in [5.41, 5.74) is 1.23. The van der Waals surface area contributed by atoms with Crippen molar-refractivity contribution in [1.29, 1.82) is 0 Å². The largest absolute Gasteiger partial charge is 0.325 e. The summed E-state index contributed by atoms with van der Waals surface area (Å²) < 4.78 is 41.6. The standard InChI is InChI=1S/C22H20BrFN2O3S/c23-18-9-11-21(12-10-18)30(28,29)26(14-13-17-5-2-1-3-6-17)16-22(27)25-20-8-4-7-19(24)15-20/h1-12,15H,13-14,16H2,(H,25,27). The smallest absolute Gasteiger partial charge is 0.243 e. The zero-order valence-corrected chi connectivity index (χ0v) is 18.4. The summed E-state index contributed by atoms with van der Waals surface area (Å²) >= 11 is 3.29. The number of nitrogens with zero attached hydrogens (tertiary/aromatic N) is 1. The molecule has 0 bridgehead atoms. The third kappa shape index (κ3) is 5.98. The summed E-state index contributed by atoms with van der Waals surface area (Å²) in [6.45, 7) is -0.263. The molecule has 0 saturated heterocycles. The van der Waals surface area contributed by atoms with E-state index in [2.05, 4.69) is 21.2 Å². The van der Waals surface area contributed by atoms with Crippen LogP contribution in [0, 0.1) is 5.82 Å². The Bertz CT molecular complexity index is 1110. The normalized spacial score (nSPS) is 11.4. The SMILES string of the molecule is O=C(CN(CCc1ccccc1)S(=O)(=O)c1ccc(Br)cc1)Nc1cccc(F)c1. The number of benzene rings is 3. The lowest BCUT2D eigenvalue weighted by molar-refractivity contribution is -0.116. The number of hydrogen-bond acceptors (Lipinski definition) is 3. The average Bonchev–Trinajstić information content (AvgIpc) is 2.72. The van der Waals surface area contributed by atoms with E-state index in [-0.39, 0.29) is 23.7 Å². The molecule has 3 aromatic carbocycles. The highest BCUT2D eigenvalue weighted by atomic mass is 79.9. The van der Waals surface area contributed by atoms with Crippen molar-refractivity contribution in [3.8, 4) is 0 Å². The minimum atomic E-state index is -3.91. The molecule has 3 rings (SSSR count). The molecule has 0 atom stereocenters. The van der Waals surface area contributed by atoms with Gasteiger partial charge in [-0.2, -0.15) is 4.31 Å². The van der Waals surface area contributed by atoms with E-state index in [0.29, 0.717) is 6.42 Å². The van der Waals surface area contributed by atoms with Crippen LogP contribution < -0.4 is 5.32 Å². The third-order valence-electron chi connectivity index (χ3n) is 4.37. The van der Waals surface area contributed by atoms with E-state index in [9.17, 15) is 17.6 Å². The number of rotatable bonds is 8. The maximum absolute atomic E-state index is 13.4. The van der Waals surface area contributed by atoms with Crippen molar-refractivity contribution in [2.45, 2.75) is 11.3 Å². The first-order valence-electron chi connectivity index (χ1n) is 9.20. The highest BCUT2D eigenvalue weighted by Crippen LogP contribution is 2.20. The number of anilines is 1. The van der Waals surface area contributed by atoms with Crippen LogP contribution in [0.4, 0.5) is 10.1 Å². The van der Waals surface area contributed by atoms with Gasteiger partial charge in [0.2, 0.25) is 15.9 Å². The third-order valence-corrected chi connectivity index (χ3v) is 6.76. The van der Waals surface area contributed by atoms with Crippen molar-refractivity contribution in [3.63, 3.8) is 0 Å². The number of hydrogen-bond donors (Lipinski definition) is 1. The zero-order chi connectivity index (χ0) is 21.6. The molecule has 156 valence electrons. The van der Waals surface area contributed by atoms with Crippen LogP contribution in [0.5, 0.6) is 0 Å². The second kappa shape index (κ2) is 9.97. The summed E-state index contributed by atoms with van der Waals surface area (Å²) in [7, 11) is -3.91. The highest BCUT2D eigenvalue weighted by molar-refractivity contribution is 9.10. The van der Waals surface area contributed by atoms with Crippen LogP contribution in [0.3, 0.4) is 0 Å². The van der Waals surface area contributed by atoms with Gasteiger partial charge in [0.1, 0.15) is 5.82 Å². The van der Waals surface area contributed by atoms with Gasteiger partial charge in [0.25, 0.3) is 0 Å². The van der Waals surface area contributed by atoms with Crippen molar-refractivity contribution in [3.05, 3.63) is 94.7 Å². The monoisotopic (exact) mass is 490 g/mol. The molecular weight excluding hydrogens is 471 g/mol. The Morgan fingerprint density at radius 2 is 1.67 bits per heavy atom. The molecule has 0 aliphatic carbocycles. The van der Waals surface area contributed by atoms with Gasteiger partial charge in [-0.25, -0.2) is 12.8 Å². The number of carbonyl (C=O) groups is 1. The summed E-state index contributed by atoms with van der Waals surface area (Å²) in [5, 5.41) is 2.55. The van der Waals surface area contributed by atoms with Crippen molar-refractivity contribution in [1.82, 2.24) is 4.31 Å². The predicted molar refractivity (Wildman–Crippen MR) is 118 cm³/mol. The molecule has 0 aliphatic heterocycles. The second-order valence-electron chi connectivity index (χ2n) is 6.59. The molecule has 1 N–H and O–H groups in total. The van der Waals surface area contributed by atoms with Gasteiger partial charge in [-0.15, -0.1) is 0 Å². The van der Waals surface area contributed by atoms with E-state index in [1.807, 2.05) is 30.3 Å². The van der Waals surface area contributed by atoms with Crippen LogP contribution in [0.2, 0.25) is 0 Å². The van der Waals surface area contributed by atoms with Crippen LogP contribution in [0.1, 0.15) is 5.56 Å². The van der Waals surface area contributed by atoms with Gasteiger partial charge in [-0.05, 0) is 54.4 Å². The quantitative estimate of drug-likeness (QED) is 0.506. The van der Waals surface area contributed by atoms with Crippen molar-refractivity contribution >= 4 is 37.5 Å². The van der Waals surface area contributed by atoms with Gasteiger partial charge in [0.15, 0.2) is 0 Å². The van der Waals surface area contributed by atoms with Gasteiger partial charge >= 0.3 is 0 Å². The number of nitrogens with one attached hydrogen (secondary N) is 1. The first-order valence-corrected chi connectivity index (χ1v) is 11.4. The second-order valence-corrected chi connectivity index (χ2v) is 9.44. The predicted octanol–water partition coefficient (Wildman–Crippen LogP) is 4.46. The van der Waals surface area contributed by atoms with Crippen LogP contribution in [-0.2, 0) is 21.2 Å². The molecule has 0 spiro atoms. The molecule has 0 heterocycles. The molecule has 0 saturated carbocycles. The van der Waals surface area contributed by atoms with Crippen molar-refractivity contribution < 1.29 is 17.6 Å². The summed E-state index contributed by atoms with van der Waals surface area (Å²) in [5.74, 6) is -1.04. The summed E-state index contributed by atoms with van der Waals surface area (Å²) in [6, 6.07) is 21.1. The number of amides is 1. The number of halogens is 2. The minimum Gasteiger partial charge on any atom is -0.325 e. The van der Waals surface area contributed by atoms with E-state index >= 15 is 0 Å². The fraction of sp³-hybridized carbons (Fsp3) is 0.136. The summed E-state index contributed by atoms with van der Waals surface area (Å²) in [4.78, 5) is 12.6. The molecule has 0 unspecified atom stereocenters. The molecule has 0 radical (unpaired) electrons. The Kier molecular flexibility index (Phi) is 7.36. The number of carbonyl (C=O) groups excluding carboxylic acids is 1. The Balaban J connectivity index is 1.80. The maximum Gasteiger partial charge on any atom is 0.243 e. The van der Waals surface area contributed by atoms with Gasteiger partial charge in [-0.1, -0.05) is 52.3 Å². The first-order chi connectivity index (χ1) is 14.3. The molecule has 3 aromatic rings. The molecule has 0 aliphatic rings. The minimum absolute atomic E-state index is 0.0947. The Morgan fingerprint density at radius 3 is 2.33 bits per heavy atom. The van der Waals surface area contributed by atoms with E-state index in [1.54, 1.807) is 18.2 Å². The lowest BCUT2D eigenvalue weighted by Gasteiger charge is -2.22. The van der Waals surface area contributed by atoms with Crippen LogP contribution in [-0.4, -0.2) is 31.7 Å². The van der Waals surface area contributed by atoms with Crippen LogP contribution >= 0.6 is 15.9 Å². The maximum atomic E-state index is 13.4. The first kappa shape index (κ1) is 22.1. The van der Waals surface area contributed by atoms with Gasteiger partial charge in [0.05, 0.1) is 11.4 Å².